The van der Waals surface area contributed by atoms with E-state index in [4.69, 9.17) is 38.0 Å². The van der Waals surface area contributed by atoms with Crippen molar-refractivity contribution in [1.29, 1.82) is 5.41 Å². The molecule has 34 heavy (non-hydrogen) atoms. The van der Waals surface area contributed by atoms with Gasteiger partial charge >= 0.3 is 6.18 Å². The van der Waals surface area contributed by atoms with Gasteiger partial charge in [-0.3, -0.25) is 5.41 Å². The summed E-state index contributed by atoms with van der Waals surface area (Å²) in [6, 6.07) is 16.0. The van der Waals surface area contributed by atoms with Crippen LogP contribution in [-0.4, -0.2) is 12.0 Å². The van der Waals surface area contributed by atoms with E-state index in [-0.39, 0.29) is 36.5 Å². The average molecular weight is 537 g/mol. The number of rotatable bonds is 5. The standard InChI is InChI=1S/C21H17ClF3N5O2.2ClH/c22-18-9-4-13(11-17(18)21(23,24)25)30-20(28)29-12-2-1-3-16(10-12)31-14-5-7-15(8-6-14)32-19(26)27;;/h1-11H,(H3,26,27)(H3,28,29,30);2*1H. The number of nitrogens with two attached hydrogens (primary N) is 2. The van der Waals surface area contributed by atoms with Crippen LogP contribution in [0.2, 0.25) is 5.02 Å². The lowest BCUT2D eigenvalue weighted by atomic mass is 10.2. The first-order valence-electron chi connectivity index (χ1n) is 8.98. The molecule has 13 heteroatoms. The van der Waals surface area contributed by atoms with Crippen LogP contribution < -0.4 is 26.3 Å². The average Bonchev–Trinajstić information content (AvgIpc) is 2.70. The predicted octanol–water partition coefficient (Wildman–Crippen LogP) is 6.33. The first-order valence-corrected chi connectivity index (χ1v) is 9.36. The Labute approximate surface area is 210 Å². The van der Waals surface area contributed by atoms with Gasteiger partial charge in [0.2, 0.25) is 0 Å². The zero-order valence-electron chi connectivity index (χ0n) is 17.1. The van der Waals surface area contributed by atoms with Gasteiger partial charge in [-0.05, 0) is 54.6 Å². The summed E-state index contributed by atoms with van der Waals surface area (Å²) in [6.45, 7) is 0. The molecule has 0 radical (unpaired) electrons. The fraction of sp³-hybridized carbons (Fsp3) is 0.0476. The van der Waals surface area contributed by atoms with E-state index in [1.54, 1.807) is 48.5 Å². The van der Waals surface area contributed by atoms with E-state index in [2.05, 4.69) is 10.3 Å². The molecule has 0 atom stereocenters. The van der Waals surface area contributed by atoms with Crippen LogP contribution in [0.1, 0.15) is 5.56 Å². The van der Waals surface area contributed by atoms with Gasteiger partial charge in [-0.2, -0.15) is 13.2 Å². The van der Waals surface area contributed by atoms with E-state index >= 15 is 0 Å². The van der Waals surface area contributed by atoms with E-state index in [1.807, 2.05) is 0 Å². The predicted molar refractivity (Wildman–Crippen MR) is 131 cm³/mol. The van der Waals surface area contributed by atoms with Gasteiger partial charge in [0, 0.05) is 11.8 Å². The summed E-state index contributed by atoms with van der Waals surface area (Å²) in [5, 5.41) is 9.48. The smallest absolute Gasteiger partial charge is 0.417 e. The van der Waals surface area contributed by atoms with Crippen LogP contribution in [0.3, 0.4) is 0 Å². The number of hydrogen-bond acceptors (Lipinski definition) is 4. The molecule has 0 saturated heterocycles. The summed E-state index contributed by atoms with van der Waals surface area (Å²) >= 11 is 5.61. The molecule has 3 rings (SSSR count). The Morgan fingerprint density at radius 1 is 0.912 bits per heavy atom. The monoisotopic (exact) mass is 535 g/mol. The molecule has 0 unspecified atom stereocenters. The largest absolute Gasteiger partial charge is 0.457 e. The van der Waals surface area contributed by atoms with Crippen molar-refractivity contribution in [2.24, 2.45) is 16.5 Å². The van der Waals surface area contributed by atoms with Gasteiger partial charge in [0.05, 0.1) is 16.3 Å². The normalized spacial score (nSPS) is 11.0. The van der Waals surface area contributed by atoms with Crippen LogP contribution in [0.15, 0.2) is 71.7 Å². The van der Waals surface area contributed by atoms with Crippen molar-refractivity contribution in [1.82, 2.24) is 0 Å². The number of amidine groups is 1. The van der Waals surface area contributed by atoms with Gasteiger partial charge < -0.3 is 26.3 Å². The van der Waals surface area contributed by atoms with Gasteiger partial charge in [0.15, 0.2) is 5.96 Å². The van der Waals surface area contributed by atoms with Gasteiger partial charge in [-0.1, -0.05) is 17.7 Å². The molecule has 0 aliphatic rings. The zero-order valence-corrected chi connectivity index (χ0v) is 19.5. The Kier molecular flexibility index (Phi) is 10.3. The molecule has 0 fully saturated rings. The van der Waals surface area contributed by atoms with Crippen LogP contribution >= 0.6 is 36.4 Å². The summed E-state index contributed by atoms with van der Waals surface area (Å²) in [6.07, 6.45) is -4.60. The Bertz CT molecular complexity index is 1160. The second-order valence-corrected chi connectivity index (χ2v) is 6.76. The van der Waals surface area contributed by atoms with E-state index < -0.39 is 22.8 Å². The molecule has 0 aliphatic carbocycles. The number of nitrogens with one attached hydrogen (secondary N) is 2. The molecular formula is C21H19Cl3F3N5O2. The maximum atomic E-state index is 13.0. The molecule has 0 aliphatic heterocycles. The molecule has 0 amide bonds. The van der Waals surface area contributed by atoms with Crippen LogP contribution in [0, 0.1) is 5.41 Å². The zero-order chi connectivity index (χ0) is 23.3. The Balaban J connectivity index is 0.00000289. The van der Waals surface area contributed by atoms with Crippen molar-refractivity contribution in [2.75, 3.05) is 5.32 Å². The molecule has 0 saturated carbocycles. The number of halogens is 6. The summed E-state index contributed by atoms with van der Waals surface area (Å²) in [5.41, 5.74) is 10.5. The third-order valence-electron chi connectivity index (χ3n) is 3.90. The van der Waals surface area contributed by atoms with E-state index in [0.29, 0.717) is 22.9 Å². The number of guanidine groups is 1. The molecular weight excluding hydrogens is 518 g/mol. The number of alkyl halides is 3. The van der Waals surface area contributed by atoms with Crippen LogP contribution in [0.4, 0.5) is 24.5 Å². The van der Waals surface area contributed by atoms with Gasteiger partial charge in [0.25, 0.3) is 6.02 Å². The van der Waals surface area contributed by atoms with Crippen molar-refractivity contribution in [3.63, 3.8) is 0 Å². The van der Waals surface area contributed by atoms with Crippen molar-refractivity contribution < 1.29 is 22.6 Å². The Morgan fingerprint density at radius 3 is 2.18 bits per heavy atom. The quantitative estimate of drug-likeness (QED) is 0.225. The molecule has 6 N–H and O–H groups in total. The van der Waals surface area contributed by atoms with E-state index in [0.717, 1.165) is 12.1 Å². The number of anilines is 1. The van der Waals surface area contributed by atoms with Crippen LogP contribution in [0.25, 0.3) is 0 Å². The fourth-order valence-corrected chi connectivity index (χ4v) is 2.82. The molecule has 3 aromatic carbocycles. The van der Waals surface area contributed by atoms with Crippen LogP contribution in [0.5, 0.6) is 17.2 Å². The number of ether oxygens (including phenoxy) is 2. The van der Waals surface area contributed by atoms with Crippen molar-refractivity contribution in [3.8, 4) is 17.2 Å². The third-order valence-corrected chi connectivity index (χ3v) is 4.23. The van der Waals surface area contributed by atoms with Crippen molar-refractivity contribution >= 4 is 59.8 Å². The minimum absolute atomic E-state index is 0. The Hall–Kier alpha value is -3.34. The number of aliphatic imine (C=N–C) groups is 1. The second-order valence-electron chi connectivity index (χ2n) is 6.35. The van der Waals surface area contributed by atoms with Crippen LogP contribution in [-0.2, 0) is 6.18 Å². The summed E-state index contributed by atoms with van der Waals surface area (Å²) in [5.74, 6) is 1.23. The van der Waals surface area contributed by atoms with Gasteiger partial charge in [0.1, 0.15) is 17.2 Å². The molecule has 182 valence electrons. The highest BCUT2D eigenvalue weighted by atomic mass is 35.5. The van der Waals surface area contributed by atoms with E-state index in [9.17, 15) is 13.2 Å². The third kappa shape index (κ3) is 8.22. The molecule has 3 aromatic rings. The summed E-state index contributed by atoms with van der Waals surface area (Å²) in [7, 11) is 0. The van der Waals surface area contributed by atoms with Gasteiger partial charge in [-0.15, -0.1) is 24.8 Å². The molecule has 0 bridgehead atoms. The summed E-state index contributed by atoms with van der Waals surface area (Å²) in [4.78, 5) is 3.96. The van der Waals surface area contributed by atoms with Crippen molar-refractivity contribution in [2.45, 2.75) is 6.18 Å². The topological polar surface area (TPSA) is 119 Å². The number of nitrogens with zero attached hydrogens (tertiary/aromatic N) is 1. The first kappa shape index (κ1) is 28.7. The minimum Gasteiger partial charge on any atom is -0.457 e. The highest BCUT2D eigenvalue weighted by molar-refractivity contribution is 6.31. The second kappa shape index (κ2) is 12.2. The first-order chi connectivity index (χ1) is 15.1. The molecule has 7 nitrogen and oxygen atoms in total. The molecule has 0 heterocycles. The lowest BCUT2D eigenvalue weighted by Crippen LogP contribution is -2.21. The highest BCUT2D eigenvalue weighted by Crippen LogP contribution is 2.36. The maximum absolute atomic E-state index is 13.0. The Morgan fingerprint density at radius 2 is 1.56 bits per heavy atom. The van der Waals surface area contributed by atoms with Gasteiger partial charge in [-0.25, -0.2) is 4.99 Å². The lowest BCUT2D eigenvalue weighted by molar-refractivity contribution is -0.137. The highest BCUT2D eigenvalue weighted by Gasteiger charge is 2.33. The fourth-order valence-electron chi connectivity index (χ4n) is 2.59. The maximum Gasteiger partial charge on any atom is 0.417 e. The molecule has 0 spiro atoms. The van der Waals surface area contributed by atoms with E-state index in [1.165, 1.54) is 6.07 Å². The summed E-state index contributed by atoms with van der Waals surface area (Å²) < 4.78 is 49.7. The number of hydrogen-bond donors (Lipinski definition) is 4. The van der Waals surface area contributed by atoms with Crippen molar-refractivity contribution in [3.05, 3.63) is 77.3 Å². The lowest BCUT2D eigenvalue weighted by Gasteiger charge is -2.11. The number of benzene rings is 3. The SMILES string of the molecule is Cl.Cl.N=C(N)Oc1ccc(Oc2cccc(NC(N)=Nc3ccc(Cl)c(C(F)(F)F)c3)c2)cc1. The minimum atomic E-state index is -4.60. The molecule has 0 aromatic heterocycles.